The summed E-state index contributed by atoms with van der Waals surface area (Å²) in [5.41, 5.74) is 7.21. The highest BCUT2D eigenvalue weighted by Crippen LogP contribution is 2.33. The molecular formula is C13H23N3S. The van der Waals surface area contributed by atoms with Gasteiger partial charge in [-0.1, -0.05) is 6.92 Å². The fraction of sp³-hybridized carbons (Fsp3) is 0.769. The van der Waals surface area contributed by atoms with Crippen molar-refractivity contribution in [3.8, 4) is 0 Å². The Hall–Kier alpha value is -0.610. The highest BCUT2D eigenvalue weighted by Gasteiger charge is 2.23. The molecule has 1 saturated heterocycles. The van der Waals surface area contributed by atoms with Crippen LogP contribution in [0.15, 0.2) is 0 Å². The van der Waals surface area contributed by atoms with Gasteiger partial charge >= 0.3 is 0 Å². The SMILES string of the molecule is CCc1nc(N2CCCCC2C)sc1C(C)N. The number of piperidine rings is 1. The van der Waals surface area contributed by atoms with Gasteiger partial charge in [0, 0.05) is 23.5 Å². The van der Waals surface area contributed by atoms with E-state index in [0.717, 1.165) is 13.0 Å². The molecule has 1 aromatic heterocycles. The first-order chi connectivity index (χ1) is 8.13. The molecule has 2 N–H and O–H groups in total. The Morgan fingerprint density at radius 1 is 1.53 bits per heavy atom. The molecule has 1 aromatic rings. The fourth-order valence-electron chi connectivity index (χ4n) is 2.46. The highest BCUT2D eigenvalue weighted by atomic mass is 32.1. The van der Waals surface area contributed by atoms with Crippen molar-refractivity contribution < 1.29 is 0 Å². The van der Waals surface area contributed by atoms with E-state index in [4.69, 9.17) is 10.7 Å². The molecule has 2 heterocycles. The van der Waals surface area contributed by atoms with E-state index in [9.17, 15) is 0 Å². The summed E-state index contributed by atoms with van der Waals surface area (Å²) in [6, 6.07) is 0.733. The number of hydrogen-bond acceptors (Lipinski definition) is 4. The molecule has 1 fully saturated rings. The molecule has 0 spiro atoms. The average Bonchev–Trinajstić information content (AvgIpc) is 2.73. The van der Waals surface area contributed by atoms with Crippen LogP contribution in [0.2, 0.25) is 0 Å². The van der Waals surface area contributed by atoms with Crippen LogP contribution < -0.4 is 10.6 Å². The van der Waals surface area contributed by atoms with Gasteiger partial charge in [0.05, 0.1) is 5.69 Å². The zero-order valence-electron chi connectivity index (χ0n) is 11.1. The van der Waals surface area contributed by atoms with Gasteiger partial charge in [-0.05, 0) is 39.5 Å². The Labute approximate surface area is 108 Å². The van der Waals surface area contributed by atoms with Gasteiger partial charge in [0.2, 0.25) is 0 Å². The van der Waals surface area contributed by atoms with Gasteiger partial charge in [-0.3, -0.25) is 0 Å². The molecule has 2 unspecified atom stereocenters. The van der Waals surface area contributed by atoms with Crippen LogP contribution in [0.3, 0.4) is 0 Å². The molecule has 2 atom stereocenters. The molecule has 0 amide bonds. The van der Waals surface area contributed by atoms with E-state index in [1.807, 2.05) is 0 Å². The van der Waals surface area contributed by atoms with Gasteiger partial charge in [0.15, 0.2) is 5.13 Å². The van der Waals surface area contributed by atoms with E-state index in [2.05, 4.69) is 25.7 Å². The first-order valence-electron chi connectivity index (χ1n) is 6.65. The summed E-state index contributed by atoms with van der Waals surface area (Å²) >= 11 is 1.79. The summed E-state index contributed by atoms with van der Waals surface area (Å²) in [6.07, 6.45) is 4.91. The summed E-state index contributed by atoms with van der Waals surface area (Å²) in [7, 11) is 0. The van der Waals surface area contributed by atoms with Gasteiger partial charge in [-0.2, -0.15) is 0 Å². The predicted octanol–water partition coefficient (Wildman–Crippen LogP) is 3.10. The Kier molecular flexibility index (Phi) is 4.05. The third kappa shape index (κ3) is 2.63. The molecule has 96 valence electrons. The van der Waals surface area contributed by atoms with Crippen molar-refractivity contribution in [2.45, 2.75) is 58.5 Å². The Bertz CT molecular complexity index is 373. The summed E-state index contributed by atoms with van der Waals surface area (Å²) in [4.78, 5) is 8.51. The minimum Gasteiger partial charge on any atom is -0.345 e. The van der Waals surface area contributed by atoms with E-state index < -0.39 is 0 Å². The van der Waals surface area contributed by atoms with Crippen LogP contribution >= 0.6 is 11.3 Å². The first-order valence-corrected chi connectivity index (χ1v) is 7.47. The zero-order valence-corrected chi connectivity index (χ0v) is 11.9. The van der Waals surface area contributed by atoms with E-state index in [0.29, 0.717) is 6.04 Å². The smallest absolute Gasteiger partial charge is 0.186 e. The van der Waals surface area contributed by atoms with Crippen LogP contribution in [0.4, 0.5) is 5.13 Å². The third-order valence-electron chi connectivity index (χ3n) is 3.51. The first kappa shape index (κ1) is 12.8. The van der Waals surface area contributed by atoms with E-state index >= 15 is 0 Å². The van der Waals surface area contributed by atoms with Gasteiger partial charge in [0.1, 0.15) is 0 Å². The van der Waals surface area contributed by atoms with Crippen LogP contribution in [0, 0.1) is 0 Å². The number of aromatic nitrogens is 1. The molecule has 1 aliphatic heterocycles. The van der Waals surface area contributed by atoms with E-state index in [1.165, 1.54) is 35.0 Å². The van der Waals surface area contributed by atoms with Gasteiger partial charge in [0.25, 0.3) is 0 Å². The maximum atomic E-state index is 6.02. The fourth-order valence-corrected chi connectivity index (χ4v) is 3.70. The molecular weight excluding hydrogens is 230 g/mol. The number of aryl methyl sites for hydroxylation is 1. The van der Waals surface area contributed by atoms with Crippen molar-refractivity contribution in [2.24, 2.45) is 5.73 Å². The van der Waals surface area contributed by atoms with Crippen molar-refractivity contribution >= 4 is 16.5 Å². The lowest BCUT2D eigenvalue weighted by Gasteiger charge is -2.33. The molecule has 4 heteroatoms. The molecule has 3 nitrogen and oxygen atoms in total. The normalized spacial score (nSPS) is 22.8. The second-order valence-electron chi connectivity index (χ2n) is 4.99. The average molecular weight is 253 g/mol. The minimum atomic E-state index is 0.108. The van der Waals surface area contributed by atoms with Crippen LogP contribution in [0.1, 0.15) is 56.6 Å². The van der Waals surface area contributed by atoms with E-state index in [1.54, 1.807) is 11.3 Å². The van der Waals surface area contributed by atoms with Crippen molar-refractivity contribution in [3.63, 3.8) is 0 Å². The monoisotopic (exact) mass is 253 g/mol. The zero-order chi connectivity index (χ0) is 12.4. The number of thiazole rings is 1. The maximum absolute atomic E-state index is 6.02. The number of hydrogen-bond donors (Lipinski definition) is 1. The van der Waals surface area contributed by atoms with E-state index in [-0.39, 0.29) is 6.04 Å². The van der Waals surface area contributed by atoms with Gasteiger partial charge in [-0.15, -0.1) is 11.3 Å². The molecule has 0 saturated carbocycles. The maximum Gasteiger partial charge on any atom is 0.186 e. The van der Waals surface area contributed by atoms with Crippen molar-refractivity contribution in [2.75, 3.05) is 11.4 Å². The van der Waals surface area contributed by atoms with Crippen molar-refractivity contribution in [3.05, 3.63) is 10.6 Å². The standard InChI is InChI=1S/C13H23N3S/c1-4-11-12(10(3)14)17-13(15-11)16-8-6-5-7-9(16)2/h9-10H,4-8,14H2,1-3H3. The molecule has 0 aromatic carbocycles. The van der Waals surface area contributed by atoms with Gasteiger partial charge in [-0.25, -0.2) is 4.98 Å². The van der Waals surface area contributed by atoms with Crippen molar-refractivity contribution in [1.82, 2.24) is 4.98 Å². The quantitative estimate of drug-likeness (QED) is 0.900. The largest absolute Gasteiger partial charge is 0.345 e. The van der Waals surface area contributed by atoms with Crippen LogP contribution in [-0.2, 0) is 6.42 Å². The molecule has 17 heavy (non-hydrogen) atoms. The Morgan fingerprint density at radius 3 is 2.82 bits per heavy atom. The molecule has 0 radical (unpaired) electrons. The summed E-state index contributed by atoms with van der Waals surface area (Å²) in [5, 5.41) is 1.18. The lowest BCUT2D eigenvalue weighted by molar-refractivity contribution is 0.484. The predicted molar refractivity (Wildman–Crippen MR) is 74.8 cm³/mol. The molecule has 0 bridgehead atoms. The Balaban J connectivity index is 2.26. The Morgan fingerprint density at radius 2 is 2.29 bits per heavy atom. The lowest BCUT2D eigenvalue weighted by atomic mass is 10.0. The summed E-state index contributed by atoms with van der Waals surface area (Å²) < 4.78 is 0. The topological polar surface area (TPSA) is 42.2 Å². The third-order valence-corrected chi connectivity index (χ3v) is 4.85. The second kappa shape index (κ2) is 5.36. The summed E-state index contributed by atoms with van der Waals surface area (Å²) in [5.74, 6) is 0. The number of nitrogens with zero attached hydrogens (tertiary/aromatic N) is 2. The summed E-state index contributed by atoms with van der Waals surface area (Å²) in [6.45, 7) is 7.66. The minimum absolute atomic E-state index is 0.108. The lowest BCUT2D eigenvalue weighted by Crippen LogP contribution is -2.37. The molecule has 1 aliphatic rings. The number of nitrogens with two attached hydrogens (primary N) is 1. The molecule has 0 aliphatic carbocycles. The van der Waals surface area contributed by atoms with Crippen LogP contribution in [-0.4, -0.2) is 17.6 Å². The number of rotatable bonds is 3. The second-order valence-corrected chi connectivity index (χ2v) is 6.00. The van der Waals surface area contributed by atoms with Gasteiger partial charge < -0.3 is 10.6 Å². The van der Waals surface area contributed by atoms with Crippen LogP contribution in [0.25, 0.3) is 0 Å². The van der Waals surface area contributed by atoms with Crippen LogP contribution in [0.5, 0.6) is 0 Å². The highest BCUT2D eigenvalue weighted by molar-refractivity contribution is 7.15. The molecule has 2 rings (SSSR count). The van der Waals surface area contributed by atoms with Crippen molar-refractivity contribution in [1.29, 1.82) is 0 Å². The number of anilines is 1.